The largest absolute Gasteiger partial charge is 0.301 e. The van der Waals surface area contributed by atoms with Crippen molar-refractivity contribution in [2.24, 2.45) is 4.36 Å². The number of allylic oxidation sites excluding steroid dienone is 1. The molecule has 1 aromatic rings. The van der Waals surface area contributed by atoms with Crippen molar-refractivity contribution in [3.8, 4) is 0 Å². The molecule has 0 aliphatic carbocycles. The number of nitrogens with zero attached hydrogens (tertiary/aromatic N) is 2. The van der Waals surface area contributed by atoms with E-state index in [1.165, 1.54) is 0 Å². The quantitative estimate of drug-likeness (QED) is 0.631. The van der Waals surface area contributed by atoms with E-state index in [0.29, 0.717) is 0 Å². The van der Waals surface area contributed by atoms with Crippen LogP contribution in [0.2, 0.25) is 0 Å². The molecule has 1 rings (SSSR count). The van der Waals surface area contributed by atoms with Gasteiger partial charge in [-0.1, -0.05) is 32.1 Å². The van der Waals surface area contributed by atoms with Crippen LogP contribution in [0.25, 0.3) is 0 Å². The highest BCUT2D eigenvalue weighted by Gasteiger charge is 2.26. The Hall–Kier alpha value is -0.410. The number of hydrogen-bond acceptors (Lipinski definition) is 4. The molecule has 0 aliphatic heterocycles. The minimum atomic E-state index is -3.01. The van der Waals surface area contributed by atoms with Crippen molar-refractivity contribution < 1.29 is 17.4 Å². The maximum absolute atomic E-state index is 13.0. The molecule has 3 nitrogen and oxygen atoms in total. The number of rotatable bonds is 5. The topological polar surface area (TPSA) is 42.3 Å². The number of thiazole rings is 1. The molecule has 0 aromatic carbocycles. The van der Waals surface area contributed by atoms with Gasteiger partial charge in [0.2, 0.25) is 0 Å². The maximum Gasteiger partial charge on any atom is 0.301 e. The van der Waals surface area contributed by atoms with Crippen molar-refractivity contribution in [3.63, 3.8) is 0 Å². The SMILES string of the molecule is CCN=S(=O)(CCC(F)=C(F)F)c1nc(C(C)(C)C)c(Br)s1. The predicted octanol–water partition coefficient (Wildman–Crippen LogP) is 5.52. The molecular formula is C13H18BrF3N2OS2. The number of halogens is 4. The maximum atomic E-state index is 13.0. The van der Waals surface area contributed by atoms with Gasteiger partial charge in [0.25, 0.3) is 0 Å². The van der Waals surface area contributed by atoms with Crippen LogP contribution in [0, 0.1) is 0 Å². The molecule has 0 N–H and O–H groups in total. The van der Waals surface area contributed by atoms with E-state index >= 15 is 0 Å². The summed E-state index contributed by atoms with van der Waals surface area (Å²) in [7, 11) is -3.01. The highest BCUT2D eigenvalue weighted by atomic mass is 79.9. The molecule has 1 aromatic heterocycles. The molecule has 0 aliphatic rings. The van der Waals surface area contributed by atoms with Crippen molar-refractivity contribution in [1.82, 2.24) is 4.98 Å². The van der Waals surface area contributed by atoms with Gasteiger partial charge in [-0.05, 0) is 22.9 Å². The van der Waals surface area contributed by atoms with E-state index in [0.717, 1.165) is 20.8 Å². The molecular weight excluding hydrogens is 401 g/mol. The Morgan fingerprint density at radius 2 is 1.95 bits per heavy atom. The van der Waals surface area contributed by atoms with E-state index < -0.39 is 28.1 Å². The van der Waals surface area contributed by atoms with Gasteiger partial charge in [-0.3, -0.25) is 0 Å². The Morgan fingerprint density at radius 1 is 1.36 bits per heavy atom. The van der Waals surface area contributed by atoms with Crippen molar-refractivity contribution in [1.29, 1.82) is 0 Å². The smallest absolute Gasteiger partial charge is 0.242 e. The Bertz CT molecular complexity index is 682. The minimum Gasteiger partial charge on any atom is -0.242 e. The first-order valence-electron chi connectivity index (χ1n) is 6.58. The Morgan fingerprint density at radius 3 is 2.36 bits per heavy atom. The zero-order valence-corrected chi connectivity index (χ0v) is 16.0. The number of hydrogen-bond donors (Lipinski definition) is 0. The summed E-state index contributed by atoms with van der Waals surface area (Å²) in [5.74, 6) is -1.86. The van der Waals surface area contributed by atoms with Crippen LogP contribution in [-0.2, 0) is 15.1 Å². The molecule has 0 spiro atoms. The fraction of sp³-hybridized carbons (Fsp3) is 0.615. The molecule has 0 fully saturated rings. The highest BCUT2D eigenvalue weighted by molar-refractivity contribution is 9.11. The van der Waals surface area contributed by atoms with Crippen LogP contribution >= 0.6 is 27.3 Å². The van der Waals surface area contributed by atoms with E-state index in [9.17, 15) is 17.4 Å². The minimum absolute atomic E-state index is 0.240. The summed E-state index contributed by atoms with van der Waals surface area (Å²) < 4.78 is 55.3. The summed E-state index contributed by atoms with van der Waals surface area (Å²) in [4.78, 5) is 4.37. The Kier molecular flexibility index (Phi) is 6.64. The van der Waals surface area contributed by atoms with E-state index in [1.54, 1.807) is 6.92 Å². The molecule has 0 radical (unpaired) electrons. The third kappa shape index (κ3) is 4.79. The zero-order valence-electron chi connectivity index (χ0n) is 12.8. The lowest BCUT2D eigenvalue weighted by Crippen LogP contribution is -2.14. The molecule has 0 saturated heterocycles. The summed E-state index contributed by atoms with van der Waals surface area (Å²) in [6.45, 7) is 7.79. The van der Waals surface area contributed by atoms with Crippen molar-refractivity contribution in [2.75, 3.05) is 12.3 Å². The van der Waals surface area contributed by atoms with E-state index in [-0.39, 0.29) is 22.1 Å². The van der Waals surface area contributed by atoms with Crippen LogP contribution in [0.3, 0.4) is 0 Å². The van der Waals surface area contributed by atoms with Crippen LogP contribution in [0.4, 0.5) is 13.2 Å². The summed E-state index contributed by atoms with van der Waals surface area (Å²) in [5, 5.41) is 0. The average molecular weight is 419 g/mol. The van der Waals surface area contributed by atoms with E-state index in [1.807, 2.05) is 20.8 Å². The first-order chi connectivity index (χ1) is 10.0. The molecule has 126 valence electrons. The van der Waals surface area contributed by atoms with Gasteiger partial charge < -0.3 is 0 Å². The van der Waals surface area contributed by atoms with Crippen molar-refractivity contribution in [2.45, 2.75) is 43.9 Å². The molecule has 0 amide bonds. The van der Waals surface area contributed by atoms with Gasteiger partial charge in [-0.25, -0.2) is 17.9 Å². The zero-order chi connectivity index (χ0) is 17.1. The summed E-state index contributed by atoms with van der Waals surface area (Å²) in [6, 6.07) is 0. The Labute approximate surface area is 141 Å². The second-order valence-electron chi connectivity index (χ2n) is 5.56. The number of aromatic nitrogens is 1. The Balaban J connectivity index is 3.25. The standard InChI is InChI=1S/C13H18BrF3N2OS2/c1-5-18-22(20,7-6-8(15)11(16)17)12-19-9(10(14)21-12)13(2,3)4/h5-7H2,1-4H3. The lowest BCUT2D eigenvalue weighted by molar-refractivity contribution is 0.373. The van der Waals surface area contributed by atoms with Gasteiger partial charge in [0.05, 0.1) is 9.48 Å². The van der Waals surface area contributed by atoms with Crippen molar-refractivity contribution in [3.05, 3.63) is 21.4 Å². The lowest BCUT2D eigenvalue weighted by Gasteiger charge is -2.15. The predicted molar refractivity (Wildman–Crippen MR) is 87.7 cm³/mol. The third-order valence-corrected chi connectivity index (χ3v) is 7.29. The van der Waals surface area contributed by atoms with Gasteiger partial charge in [-0.15, -0.1) is 0 Å². The van der Waals surface area contributed by atoms with Crippen LogP contribution < -0.4 is 0 Å². The summed E-state index contributed by atoms with van der Waals surface area (Å²) in [6.07, 6.45) is -3.00. The van der Waals surface area contributed by atoms with E-state index in [2.05, 4.69) is 25.3 Å². The molecule has 0 saturated carbocycles. The van der Waals surface area contributed by atoms with Crippen LogP contribution in [0.1, 0.15) is 39.8 Å². The lowest BCUT2D eigenvalue weighted by atomic mass is 9.93. The van der Waals surface area contributed by atoms with Crippen LogP contribution in [-0.4, -0.2) is 21.5 Å². The van der Waals surface area contributed by atoms with Gasteiger partial charge in [0.15, 0.2) is 10.2 Å². The second kappa shape index (κ2) is 7.44. The first-order valence-corrected chi connectivity index (χ1v) is 9.87. The second-order valence-corrected chi connectivity index (χ2v) is 10.5. The first kappa shape index (κ1) is 19.6. The molecule has 1 unspecified atom stereocenters. The molecule has 1 atom stereocenters. The van der Waals surface area contributed by atoms with Crippen molar-refractivity contribution >= 4 is 37.0 Å². The summed E-state index contributed by atoms with van der Waals surface area (Å²) >= 11 is 4.54. The molecule has 1 heterocycles. The van der Waals surface area contributed by atoms with Crippen LogP contribution in [0.5, 0.6) is 0 Å². The van der Waals surface area contributed by atoms with Gasteiger partial charge in [0.1, 0.15) is 9.73 Å². The average Bonchev–Trinajstić information content (AvgIpc) is 2.79. The fourth-order valence-corrected chi connectivity index (χ4v) is 6.52. The third-order valence-electron chi connectivity index (χ3n) is 2.69. The van der Waals surface area contributed by atoms with E-state index in [4.69, 9.17) is 0 Å². The van der Waals surface area contributed by atoms with Gasteiger partial charge in [0, 0.05) is 24.1 Å². The highest BCUT2D eigenvalue weighted by Crippen LogP contribution is 2.36. The molecule has 0 bridgehead atoms. The monoisotopic (exact) mass is 418 g/mol. The normalized spacial score (nSPS) is 14.5. The molecule has 9 heteroatoms. The molecule has 22 heavy (non-hydrogen) atoms. The van der Waals surface area contributed by atoms with Gasteiger partial charge in [-0.2, -0.15) is 8.78 Å². The van der Waals surface area contributed by atoms with Crippen LogP contribution in [0.15, 0.2) is 24.4 Å². The fourth-order valence-electron chi connectivity index (χ4n) is 1.62. The summed E-state index contributed by atoms with van der Waals surface area (Å²) in [5.41, 5.74) is 0.454. The van der Waals surface area contributed by atoms with Gasteiger partial charge >= 0.3 is 6.08 Å².